The van der Waals surface area contributed by atoms with Crippen molar-refractivity contribution in [2.45, 2.75) is 25.8 Å². The Morgan fingerprint density at radius 1 is 1.12 bits per heavy atom. The van der Waals surface area contributed by atoms with E-state index in [0.717, 1.165) is 5.56 Å². The van der Waals surface area contributed by atoms with Crippen molar-refractivity contribution in [3.8, 4) is 0 Å². The Bertz CT molecular complexity index is 870. The zero-order valence-corrected chi connectivity index (χ0v) is 15.6. The quantitative estimate of drug-likeness (QED) is 0.678. The molecule has 3 rings (SSSR count). The monoisotopic (exact) mass is 347 g/mol. The molecule has 0 N–H and O–H groups in total. The highest BCUT2D eigenvalue weighted by Gasteiger charge is 2.22. The maximum absolute atomic E-state index is 12.9. The van der Waals surface area contributed by atoms with Gasteiger partial charge in [-0.15, -0.1) is 0 Å². The number of benzene rings is 2. The first-order valence-corrected chi connectivity index (χ1v) is 8.86. The second-order valence-corrected chi connectivity index (χ2v) is 6.80. The minimum Gasteiger partial charge on any atom is -0.341 e. The second-order valence-electron chi connectivity index (χ2n) is 6.80. The molecule has 4 nitrogen and oxygen atoms in total. The van der Waals surface area contributed by atoms with Gasteiger partial charge in [-0.3, -0.25) is 9.48 Å². The van der Waals surface area contributed by atoms with E-state index in [-0.39, 0.29) is 11.8 Å². The van der Waals surface area contributed by atoms with Gasteiger partial charge >= 0.3 is 0 Å². The smallest absolute Gasteiger partial charge is 0.223 e. The molecule has 26 heavy (non-hydrogen) atoms. The summed E-state index contributed by atoms with van der Waals surface area (Å²) in [7, 11) is 3.74. The summed E-state index contributed by atoms with van der Waals surface area (Å²) in [6.07, 6.45) is 4.20. The first kappa shape index (κ1) is 17.9. The molecule has 0 radical (unpaired) electrons. The van der Waals surface area contributed by atoms with Crippen LogP contribution in [0.1, 0.15) is 34.6 Å². The summed E-state index contributed by atoms with van der Waals surface area (Å²) in [5.41, 5.74) is 4.63. The number of rotatable bonds is 6. The van der Waals surface area contributed by atoms with E-state index in [4.69, 9.17) is 0 Å². The maximum atomic E-state index is 12.9. The second kappa shape index (κ2) is 8.00. The van der Waals surface area contributed by atoms with Gasteiger partial charge < -0.3 is 4.90 Å². The van der Waals surface area contributed by atoms with Gasteiger partial charge in [0.2, 0.25) is 5.91 Å². The van der Waals surface area contributed by atoms with Crippen LogP contribution in [0.25, 0.3) is 0 Å². The Labute approximate surface area is 155 Å². The standard InChI is InChI=1S/C22H25N3O/c1-17-9-7-8-12-20(17)21(19-10-5-4-6-11-19)13-22(26)24(2)15-18-14-23-25(3)16-18/h4-12,14,16,21H,13,15H2,1-3H3. The number of hydrogen-bond donors (Lipinski definition) is 0. The van der Waals surface area contributed by atoms with E-state index in [9.17, 15) is 4.79 Å². The van der Waals surface area contributed by atoms with Crippen molar-refractivity contribution in [2.24, 2.45) is 7.05 Å². The summed E-state index contributed by atoms with van der Waals surface area (Å²) >= 11 is 0. The molecule has 2 aromatic carbocycles. The van der Waals surface area contributed by atoms with Gasteiger partial charge in [0.05, 0.1) is 6.20 Å². The van der Waals surface area contributed by atoms with Crippen LogP contribution in [0.3, 0.4) is 0 Å². The molecule has 0 spiro atoms. The molecular formula is C22H25N3O. The van der Waals surface area contributed by atoms with Gasteiger partial charge in [0.1, 0.15) is 0 Å². The first-order valence-electron chi connectivity index (χ1n) is 8.86. The van der Waals surface area contributed by atoms with E-state index in [1.165, 1.54) is 16.7 Å². The molecule has 1 unspecified atom stereocenters. The van der Waals surface area contributed by atoms with Crippen molar-refractivity contribution in [1.29, 1.82) is 0 Å². The molecule has 0 aliphatic rings. The molecule has 0 fully saturated rings. The lowest BCUT2D eigenvalue weighted by atomic mass is 9.85. The fourth-order valence-corrected chi connectivity index (χ4v) is 3.32. The van der Waals surface area contributed by atoms with Gasteiger partial charge in [0, 0.05) is 44.7 Å². The highest BCUT2D eigenvalue weighted by atomic mass is 16.2. The summed E-state index contributed by atoms with van der Waals surface area (Å²) in [5.74, 6) is 0.187. The van der Waals surface area contributed by atoms with Crippen molar-refractivity contribution in [3.63, 3.8) is 0 Å². The van der Waals surface area contributed by atoms with Crippen LogP contribution in [0, 0.1) is 6.92 Å². The van der Waals surface area contributed by atoms with Gasteiger partial charge in [-0.1, -0.05) is 54.6 Å². The summed E-state index contributed by atoms with van der Waals surface area (Å²) in [5, 5.41) is 4.18. The van der Waals surface area contributed by atoms with E-state index >= 15 is 0 Å². The van der Waals surface area contributed by atoms with Crippen molar-refractivity contribution in [3.05, 3.63) is 89.2 Å². The topological polar surface area (TPSA) is 38.1 Å². The van der Waals surface area contributed by atoms with E-state index < -0.39 is 0 Å². The summed E-state index contributed by atoms with van der Waals surface area (Å²) in [6.45, 7) is 2.68. The van der Waals surface area contributed by atoms with E-state index in [1.54, 1.807) is 15.8 Å². The van der Waals surface area contributed by atoms with E-state index in [0.29, 0.717) is 13.0 Å². The number of carbonyl (C=O) groups excluding carboxylic acids is 1. The molecular weight excluding hydrogens is 322 g/mol. The zero-order valence-electron chi connectivity index (χ0n) is 15.6. The Hall–Kier alpha value is -2.88. The molecule has 0 bridgehead atoms. The van der Waals surface area contributed by atoms with Gasteiger partial charge in [-0.2, -0.15) is 5.10 Å². The van der Waals surface area contributed by atoms with Crippen LogP contribution in [0.15, 0.2) is 67.0 Å². The van der Waals surface area contributed by atoms with Gasteiger partial charge in [0.25, 0.3) is 0 Å². The number of hydrogen-bond acceptors (Lipinski definition) is 2. The Balaban J connectivity index is 1.81. The lowest BCUT2D eigenvalue weighted by Gasteiger charge is -2.23. The SMILES string of the molecule is Cc1ccccc1C(CC(=O)N(C)Cc1cnn(C)c1)c1ccccc1. The Morgan fingerprint density at radius 2 is 1.81 bits per heavy atom. The third kappa shape index (κ3) is 4.20. The molecule has 0 aliphatic heterocycles. The lowest BCUT2D eigenvalue weighted by Crippen LogP contribution is -2.28. The first-order chi connectivity index (χ1) is 12.5. The van der Waals surface area contributed by atoms with Crippen LogP contribution in [-0.4, -0.2) is 27.6 Å². The van der Waals surface area contributed by atoms with Gasteiger partial charge in [-0.05, 0) is 23.6 Å². The molecule has 1 atom stereocenters. The predicted octanol–water partition coefficient (Wildman–Crippen LogP) is 3.91. The Morgan fingerprint density at radius 3 is 2.46 bits per heavy atom. The van der Waals surface area contributed by atoms with Crippen LogP contribution in [-0.2, 0) is 18.4 Å². The van der Waals surface area contributed by atoms with Gasteiger partial charge in [-0.25, -0.2) is 0 Å². The normalized spacial score (nSPS) is 12.0. The largest absolute Gasteiger partial charge is 0.341 e. The minimum atomic E-state index is 0.0567. The molecule has 1 aromatic heterocycles. The average molecular weight is 347 g/mol. The molecule has 0 saturated heterocycles. The predicted molar refractivity (Wildman–Crippen MR) is 104 cm³/mol. The molecule has 0 saturated carbocycles. The third-order valence-electron chi connectivity index (χ3n) is 4.75. The molecule has 3 aromatic rings. The van der Waals surface area contributed by atoms with Crippen molar-refractivity contribution in [1.82, 2.24) is 14.7 Å². The average Bonchev–Trinajstić information content (AvgIpc) is 3.05. The molecule has 1 amide bonds. The zero-order chi connectivity index (χ0) is 18.5. The maximum Gasteiger partial charge on any atom is 0.223 e. The van der Waals surface area contributed by atoms with Crippen LogP contribution in [0.2, 0.25) is 0 Å². The number of aryl methyl sites for hydroxylation is 2. The summed E-state index contributed by atoms with van der Waals surface area (Å²) < 4.78 is 1.76. The van der Waals surface area contributed by atoms with Crippen molar-refractivity contribution < 1.29 is 4.79 Å². The minimum absolute atomic E-state index is 0.0567. The number of amides is 1. The molecule has 0 aliphatic carbocycles. The van der Waals surface area contributed by atoms with Crippen molar-refractivity contribution >= 4 is 5.91 Å². The molecule has 134 valence electrons. The Kier molecular flexibility index (Phi) is 5.52. The van der Waals surface area contributed by atoms with E-state index in [1.807, 2.05) is 50.6 Å². The fraction of sp³-hybridized carbons (Fsp3) is 0.273. The van der Waals surface area contributed by atoms with Crippen LogP contribution < -0.4 is 0 Å². The molecule has 4 heteroatoms. The van der Waals surface area contributed by atoms with Gasteiger partial charge in [0.15, 0.2) is 0 Å². The summed E-state index contributed by atoms with van der Waals surface area (Å²) in [4.78, 5) is 14.7. The number of aromatic nitrogens is 2. The number of carbonyl (C=O) groups is 1. The summed E-state index contributed by atoms with van der Waals surface area (Å²) in [6, 6.07) is 18.6. The van der Waals surface area contributed by atoms with Crippen LogP contribution in [0.5, 0.6) is 0 Å². The highest BCUT2D eigenvalue weighted by molar-refractivity contribution is 5.77. The number of nitrogens with zero attached hydrogens (tertiary/aromatic N) is 3. The van der Waals surface area contributed by atoms with Crippen LogP contribution >= 0.6 is 0 Å². The van der Waals surface area contributed by atoms with Crippen LogP contribution in [0.4, 0.5) is 0 Å². The highest BCUT2D eigenvalue weighted by Crippen LogP contribution is 2.30. The fourth-order valence-electron chi connectivity index (χ4n) is 3.32. The molecule has 1 heterocycles. The van der Waals surface area contributed by atoms with E-state index in [2.05, 4.69) is 36.3 Å². The third-order valence-corrected chi connectivity index (χ3v) is 4.75. The lowest BCUT2D eigenvalue weighted by molar-refractivity contribution is -0.130. The van der Waals surface area contributed by atoms with Crippen molar-refractivity contribution in [2.75, 3.05) is 7.05 Å².